The fraction of sp³-hybridized carbons (Fsp3) is 0.333. The molecule has 5 heteroatoms. The maximum absolute atomic E-state index is 13.3. The molecule has 0 radical (unpaired) electrons. The van der Waals surface area contributed by atoms with Crippen molar-refractivity contribution in [2.75, 3.05) is 0 Å². The fourth-order valence-electron chi connectivity index (χ4n) is 2.72. The lowest BCUT2D eigenvalue weighted by molar-refractivity contribution is 0.0922. The van der Waals surface area contributed by atoms with Crippen LogP contribution in [0, 0.1) is 5.82 Å². The van der Waals surface area contributed by atoms with Crippen molar-refractivity contribution in [1.29, 1.82) is 0 Å². The van der Waals surface area contributed by atoms with Gasteiger partial charge in [0.2, 0.25) is 0 Å². The van der Waals surface area contributed by atoms with E-state index in [0.29, 0.717) is 12.4 Å². The van der Waals surface area contributed by atoms with Crippen LogP contribution in [0.25, 0.3) is 0 Å². The lowest BCUT2D eigenvalue weighted by Crippen LogP contribution is -2.29. The molecule has 1 aliphatic carbocycles. The number of halogens is 1. The topological polar surface area (TPSA) is 46.9 Å². The van der Waals surface area contributed by atoms with Crippen LogP contribution in [0.15, 0.2) is 30.6 Å². The van der Waals surface area contributed by atoms with Crippen LogP contribution in [-0.2, 0) is 13.0 Å². The number of aryl methyl sites for hydroxylation is 2. The summed E-state index contributed by atoms with van der Waals surface area (Å²) in [6, 6.07) is 4.64. The molecular formula is C15H16FN3O. The van der Waals surface area contributed by atoms with Gasteiger partial charge in [-0.15, -0.1) is 0 Å². The highest BCUT2D eigenvalue weighted by Gasteiger charge is 2.25. The molecule has 0 saturated carbocycles. The van der Waals surface area contributed by atoms with Crippen LogP contribution in [-0.4, -0.2) is 15.5 Å². The van der Waals surface area contributed by atoms with Gasteiger partial charge in [-0.3, -0.25) is 4.79 Å². The number of hydrogen-bond acceptors (Lipinski definition) is 2. The van der Waals surface area contributed by atoms with Crippen LogP contribution in [0.3, 0.4) is 0 Å². The average molecular weight is 273 g/mol. The molecule has 1 aromatic heterocycles. The summed E-state index contributed by atoms with van der Waals surface area (Å²) in [7, 11) is 0. The van der Waals surface area contributed by atoms with E-state index in [-0.39, 0.29) is 17.8 Å². The third kappa shape index (κ3) is 2.19. The summed E-state index contributed by atoms with van der Waals surface area (Å²) in [5.74, 6) is -0.0729. The first-order valence-corrected chi connectivity index (χ1v) is 6.79. The Balaban J connectivity index is 1.80. The molecule has 1 heterocycles. The number of amides is 1. The van der Waals surface area contributed by atoms with Gasteiger partial charge in [0.15, 0.2) is 5.82 Å². The van der Waals surface area contributed by atoms with Gasteiger partial charge in [-0.25, -0.2) is 9.37 Å². The van der Waals surface area contributed by atoms with E-state index in [4.69, 9.17) is 0 Å². The van der Waals surface area contributed by atoms with Crippen molar-refractivity contribution in [2.45, 2.75) is 32.4 Å². The lowest BCUT2D eigenvalue weighted by Gasteiger charge is -2.14. The number of rotatable bonds is 3. The number of aromatic nitrogens is 2. The standard InChI is InChI=1S/C15H16FN3O/c1-2-19-8-7-17-14(19)15(20)18-13-6-4-10-3-5-11(16)9-12(10)13/h3,5,7-9,13H,2,4,6H2,1H3,(H,18,20). The van der Waals surface area contributed by atoms with Crippen molar-refractivity contribution in [3.05, 3.63) is 53.4 Å². The Morgan fingerprint density at radius 3 is 3.20 bits per heavy atom. The Bertz CT molecular complexity index is 650. The highest BCUT2D eigenvalue weighted by Crippen LogP contribution is 2.31. The fourth-order valence-corrected chi connectivity index (χ4v) is 2.72. The van der Waals surface area contributed by atoms with Crippen molar-refractivity contribution < 1.29 is 9.18 Å². The van der Waals surface area contributed by atoms with Gasteiger partial charge in [0.25, 0.3) is 5.91 Å². The smallest absolute Gasteiger partial charge is 0.287 e. The summed E-state index contributed by atoms with van der Waals surface area (Å²) >= 11 is 0. The van der Waals surface area contributed by atoms with E-state index >= 15 is 0 Å². The van der Waals surface area contributed by atoms with E-state index in [1.54, 1.807) is 23.0 Å². The van der Waals surface area contributed by atoms with Gasteiger partial charge in [0.1, 0.15) is 5.82 Å². The highest BCUT2D eigenvalue weighted by atomic mass is 19.1. The minimum atomic E-state index is -0.264. The van der Waals surface area contributed by atoms with Gasteiger partial charge in [0.05, 0.1) is 6.04 Å². The molecule has 3 rings (SSSR count). The van der Waals surface area contributed by atoms with Crippen molar-refractivity contribution >= 4 is 5.91 Å². The van der Waals surface area contributed by atoms with E-state index < -0.39 is 0 Å². The van der Waals surface area contributed by atoms with Crippen LogP contribution < -0.4 is 5.32 Å². The molecular weight excluding hydrogens is 257 g/mol. The second-order valence-corrected chi connectivity index (χ2v) is 4.94. The summed E-state index contributed by atoms with van der Waals surface area (Å²) < 4.78 is 15.1. The Labute approximate surface area is 116 Å². The summed E-state index contributed by atoms with van der Waals surface area (Å²) in [5, 5.41) is 2.95. The predicted octanol–water partition coefficient (Wildman–Crippen LogP) is 2.46. The summed E-state index contributed by atoms with van der Waals surface area (Å²) in [5.41, 5.74) is 1.99. The van der Waals surface area contributed by atoms with Crippen molar-refractivity contribution in [2.24, 2.45) is 0 Å². The largest absolute Gasteiger partial charge is 0.343 e. The van der Waals surface area contributed by atoms with Crippen LogP contribution >= 0.6 is 0 Å². The first-order valence-electron chi connectivity index (χ1n) is 6.79. The number of benzene rings is 1. The molecule has 1 aromatic carbocycles. The van der Waals surface area contributed by atoms with Crippen LogP contribution in [0.1, 0.15) is 41.1 Å². The Morgan fingerprint density at radius 1 is 1.55 bits per heavy atom. The lowest BCUT2D eigenvalue weighted by atomic mass is 10.1. The highest BCUT2D eigenvalue weighted by molar-refractivity contribution is 5.91. The Kier molecular flexibility index (Phi) is 3.26. The quantitative estimate of drug-likeness (QED) is 0.933. The summed E-state index contributed by atoms with van der Waals surface area (Å²) in [6.45, 7) is 2.65. The number of carbonyl (C=O) groups is 1. The van der Waals surface area contributed by atoms with Gasteiger partial charge in [-0.05, 0) is 43.0 Å². The maximum atomic E-state index is 13.3. The van der Waals surface area contributed by atoms with Gasteiger partial charge in [-0.1, -0.05) is 6.07 Å². The number of nitrogens with zero attached hydrogens (tertiary/aromatic N) is 2. The molecule has 1 atom stereocenters. The van der Waals surface area contributed by atoms with Gasteiger partial charge < -0.3 is 9.88 Å². The molecule has 1 aliphatic rings. The molecule has 1 amide bonds. The SMILES string of the molecule is CCn1ccnc1C(=O)NC1CCc2ccc(F)cc21. The van der Waals surface area contributed by atoms with E-state index in [0.717, 1.165) is 24.0 Å². The van der Waals surface area contributed by atoms with E-state index in [2.05, 4.69) is 10.3 Å². The van der Waals surface area contributed by atoms with E-state index in [1.807, 2.05) is 6.92 Å². The maximum Gasteiger partial charge on any atom is 0.287 e. The normalized spacial score (nSPS) is 17.0. The Morgan fingerprint density at radius 2 is 2.40 bits per heavy atom. The van der Waals surface area contributed by atoms with Crippen LogP contribution in [0.4, 0.5) is 4.39 Å². The molecule has 1 N–H and O–H groups in total. The number of imidazole rings is 1. The van der Waals surface area contributed by atoms with Crippen LogP contribution in [0.2, 0.25) is 0 Å². The van der Waals surface area contributed by atoms with Crippen molar-refractivity contribution in [3.8, 4) is 0 Å². The number of carbonyl (C=O) groups excluding carboxylic acids is 1. The Hall–Kier alpha value is -2.17. The number of fused-ring (bicyclic) bond motifs is 1. The van der Waals surface area contributed by atoms with Crippen LogP contribution in [0.5, 0.6) is 0 Å². The molecule has 0 fully saturated rings. The molecule has 0 aliphatic heterocycles. The van der Waals surface area contributed by atoms with E-state index in [1.165, 1.54) is 12.1 Å². The molecule has 2 aromatic rings. The first-order chi connectivity index (χ1) is 9.69. The zero-order valence-electron chi connectivity index (χ0n) is 11.3. The summed E-state index contributed by atoms with van der Waals surface area (Å²) in [4.78, 5) is 16.3. The minimum absolute atomic E-state index is 0.129. The van der Waals surface area contributed by atoms with Gasteiger partial charge in [0, 0.05) is 18.9 Å². The predicted molar refractivity (Wildman–Crippen MR) is 72.8 cm³/mol. The van der Waals surface area contributed by atoms with Gasteiger partial charge >= 0.3 is 0 Å². The molecule has 104 valence electrons. The molecule has 0 saturated heterocycles. The first kappa shape index (κ1) is 12.8. The molecule has 20 heavy (non-hydrogen) atoms. The minimum Gasteiger partial charge on any atom is -0.343 e. The molecule has 1 unspecified atom stereocenters. The average Bonchev–Trinajstić information content (AvgIpc) is 3.05. The third-order valence-corrected chi connectivity index (χ3v) is 3.75. The number of nitrogens with one attached hydrogen (secondary N) is 1. The summed E-state index contributed by atoms with van der Waals surface area (Å²) in [6.07, 6.45) is 5.05. The van der Waals surface area contributed by atoms with Gasteiger partial charge in [-0.2, -0.15) is 0 Å². The molecule has 4 nitrogen and oxygen atoms in total. The molecule has 0 spiro atoms. The van der Waals surface area contributed by atoms with Crippen molar-refractivity contribution in [1.82, 2.24) is 14.9 Å². The molecule has 0 bridgehead atoms. The van der Waals surface area contributed by atoms with E-state index in [9.17, 15) is 9.18 Å². The zero-order valence-corrected chi connectivity index (χ0v) is 11.3. The third-order valence-electron chi connectivity index (χ3n) is 3.75. The zero-order chi connectivity index (χ0) is 14.1. The monoisotopic (exact) mass is 273 g/mol. The van der Waals surface area contributed by atoms with Crippen molar-refractivity contribution in [3.63, 3.8) is 0 Å². The second kappa shape index (κ2) is 5.07. The number of hydrogen-bond donors (Lipinski definition) is 1. The second-order valence-electron chi connectivity index (χ2n) is 4.94.